The molecule has 3 heterocycles. The number of pyridine rings is 1. The first-order valence-electron chi connectivity index (χ1n) is 9.54. The largest absolute Gasteiger partial charge is 0.459 e. The van der Waals surface area contributed by atoms with Gasteiger partial charge in [-0.15, -0.1) is 0 Å². The van der Waals surface area contributed by atoms with Gasteiger partial charge in [0.25, 0.3) is 0 Å². The molecular weight excluding hydrogens is 406 g/mol. The van der Waals surface area contributed by atoms with Gasteiger partial charge < -0.3 is 19.7 Å². The molecule has 5 nitrogen and oxygen atoms in total. The van der Waals surface area contributed by atoms with Crippen molar-refractivity contribution in [2.45, 2.75) is 25.4 Å². The Labute approximate surface area is 180 Å². The van der Waals surface area contributed by atoms with E-state index in [4.69, 9.17) is 28.2 Å². The maximum Gasteiger partial charge on any atom is 0.170 e. The van der Waals surface area contributed by atoms with E-state index in [0.717, 1.165) is 28.3 Å². The van der Waals surface area contributed by atoms with Gasteiger partial charge >= 0.3 is 0 Å². The molecular formula is C22H22ClN3O2S. The fourth-order valence-electron chi connectivity index (χ4n) is 3.73. The van der Waals surface area contributed by atoms with Gasteiger partial charge in [0, 0.05) is 29.9 Å². The molecule has 1 fully saturated rings. The minimum atomic E-state index is -0.155. The monoisotopic (exact) mass is 427 g/mol. The third-order valence-corrected chi connectivity index (χ3v) is 5.97. The number of nitrogens with one attached hydrogen (secondary N) is 1. The summed E-state index contributed by atoms with van der Waals surface area (Å²) in [6.45, 7) is 2.71. The molecule has 0 amide bonds. The number of benzene rings is 1. The number of aromatic nitrogens is 1. The predicted octanol–water partition coefficient (Wildman–Crippen LogP) is 4.66. The van der Waals surface area contributed by atoms with Crippen LogP contribution >= 0.6 is 23.8 Å². The first kappa shape index (κ1) is 19.9. The number of hydrogen-bond donors (Lipinski definition) is 2. The van der Waals surface area contributed by atoms with Gasteiger partial charge in [0.1, 0.15) is 17.6 Å². The fraction of sp³-hybridized carbons (Fsp3) is 0.273. The highest BCUT2D eigenvalue weighted by atomic mass is 35.5. The third-order valence-electron chi connectivity index (χ3n) is 5.21. The van der Waals surface area contributed by atoms with Crippen molar-refractivity contribution in [3.63, 3.8) is 0 Å². The summed E-state index contributed by atoms with van der Waals surface area (Å²) in [6.07, 6.45) is 2.39. The molecule has 1 aliphatic heterocycles. The van der Waals surface area contributed by atoms with Crippen molar-refractivity contribution in [2.24, 2.45) is 0 Å². The van der Waals surface area contributed by atoms with E-state index in [2.05, 4.69) is 15.2 Å². The number of nitrogens with zero attached hydrogens (tertiary/aromatic N) is 2. The van der Waals surface area contributed by atoms with Crippen molar-refractivity contribution >= 4 is 28.9 Å². The highest BCUT2D eigenvalue weighted by Gasteiger charge is 2.41. The van der Waals surface area contributed by atoms with Crippen LogP contribution in [0.2, 0.25) is 5.02 Å². The molecule has 0 bridgehead atoms. The standard InChI is InChI=1S/C22H22ClN3O2S/c1-14-15(6-4-7-16(14)23)18-9-10-19(28-18)21-20(17-8-2-3-11-24-17)25-22(29)26(21)12-5-13-27/h2-4,6-11,20-21,27H,5,12-13H2,1H3,(H,25,29)/t20-,21+/m1/s1. The number of thiocarbonyl (C=S) groups is 1. The lowest BCUT2D eigenvalue weighted by molar-refractivity contribution is 0.233. The fourth-order valence-corrected chi connectivity index (χ4v) is 4.23. The average molecular weight is 428 g/mol. The van der Waals surface area contributed by atoms with Crippen LogP contribution in [0.5, 0.6) is 0 Å². The van der Waals surface area contributed by atoms with Crippen LogP contribution in [0.1, 0.15) is 35.5 Å². The Morgan fingerprint density at radius 3 is 2.83 bits per heavy atom. The number of halogens is 1. The van der Waals surface area contributed by atoms with E-state index in [9.17, 15) is 5.11 Å². The molecule has 0 radical (unpaired) electrons. The van der Waals surface area contributed by atoms with Gasteiger partial charge in [-0.1, -0.05) is 29.8 Å². The molecule has 1 aliphatic rings. The normalized spacial score (nSPS) is 18.9. The highest BCUT2D eigenvalue weighted by molar-refractivity contribution is 7.80. The highest BCUT2D eigenvalue weighted by Crippen LogP contribution is 2.41. The van der Waals surface area contributed by atoms with Crippen molar-refractivity contribution in [3.8, 4) is 11.3 Å². The molecule has 0 saturated carbocycles. The Bertz CT molecular complexity index is 1010. The van der Waals surface area contributed by atoms with E-state index < -0.39 is 0 Å². The second-order valence-electron chi connectivity index (χ2n) is 7.01. The Hall–Kier alpha value is -2.41. The van der Waals surface area contributed by atoms with Crippen molar-refractivity contribution in [1.82, 2.24) is 15.2 Å². The van der Waals surface area contributed by atoms with Crippen LogP contribution in [-0.2, 0) is 0 Å². The number of rotatable bonds is 6. The first-order valence-corrected chi connectivity index (χ1v) is 10.3. The number of aliphatic hydroxyl groups is 1. The van der Waals surface area contributed by atoms with Gasteiger partial charge in [-0.2, -0.15) is 0 Å². The van der Waals surface area contributed by atoms with Crippen molar-refractivity contribution in [2.75, 3.05) is 13.2 Å². The van der Waals surface area contributed by atoms with Crippen LogP contribution in [0.3, 0.4) is 0 Å². The molecule has 150 valence electrons. The Morgan fingerprint density at radius 1 is 1.21 bits per heavy atom. The summed E-state index contributed by atoms with van der Waals surface area (Å²) in [4.78, 5) is 6.59. The van der Waals surface area contributed by atoms with Crippen LogP contribution < -0.4 is 5.32 Å². The molecule has 2 aromatic heterocycles. The van der Waals surface area contributed by atoms with Gasteiger partial charge in [0.05, 0.1) is 11.7 Å². The zero-order valence-electron chi connectivity index (χ0n) is 16.0. The smallest absolute Gasteiger partial charge is 0.170 e. The van der Waals surface area contributed by atoms with Crippen LogP contribution in [0.4, 0.5) is 0 Å². The summed E-state index contributed by atoms with van der Waals surface area (Å²) in [7, 11) is 0. The van der Waals surface area contributed by atoms with Crippen LogP contribution in [-0.4, -0.2) is 33.3 Å². The molecule has 0 unspecified atom stereocenters. The topological polar surface area (TPSA) is 61.5 Å². The van der Waals surface area contributed by atoms with Crippen LogP contribution in [0, 0.1) is 6.92 Å². The van der Waals surface area contributed by atoms with E-state index >= 15 is 0 Å². The predicted molar refractivity (Wildman–Crippen MR) is 118 cm³/mol. The van der Waals surface area contributed by atoms with Crippen molar-refractivity contribution in [1.29, 1.82) is 0 Å². The molecule has 29 heavy (non-hydrogen) atoms. The summed E-state index contributed by atoms with van der Waals surface area (Å²) < 4.78 is 6.31. The van der Waals surface area contributed by atoms with E-state index in [0.29, 0.717) is 23.1 Å². The SMILES string of the molecule is Cc1c(Cl)cccc1-c1ccc([C@H]2[C@@H](c3ccccn3)NC(=S)N2CCCO)o1. The zero-order valence-corrected chi connectivity index (χ0v) is 17.6. The van der Waals surface area contributed by atoms with Crippen LogP contribution in [0.25, 0.3) is 11.3 Å². The Kier molecular flexibility index (Phi) is 5.85. The van der Waals surface area contributed by atoms with Crippen molar-refractivity contribution < 1.29 is 9.52 Å². The van der Waals surface area contributed by atoms with Gasteiger partial charge in [0.2, 0.25) is 0 Å². The molecule has 3 aromatic rings. The molecule has 1 saturated heterocycles. The lowest BCUT2D eigenvalue weighted by Gasteiger charge is -2.25. The van der Waals surface area contributed by atoms with E-state index in [1.54, 1.807) is 6.20 Å². The van der Waals surface area contributed by atoms with Crippen molar-refractivity contribution in [3.05, 3.63) is 76.8 Å². The Morgan fingerprint density at radius 2 is 2.07 bits per heavy atom. The maximum absolute atomic E-state index is 9.32. The lowest BCUT2D eigenvalue weighted by atomic mass is 10.0. The molecule has 2 atom stereocenters. The number of hydrogen-bond acceptors (Lipinski definition) is 4. The first-order chi connectivity index (χ1) is 14.1. The molecule has 1 aromatic carbocycles. The van der Waals surface area contributed by atoms with E-state index in [-0.39, 0.29) is 18.7 Å². The van der Waals surface area contributed by atoms with Gasteiger partial charge in [-0.05, 0) is 61.5 Å². The average Bonchev–Trinajstić information content (AvgIpc) is 3.33. The maximum atomic E-state index is 9.32. The second-order valence-corrected chi connectivity index (χ2v) is 7.81. The summed E-state index contributed by atoms with van der Waals surface area (Å²) in [5.74, 6) is 1.56. The minimum Gasteiger partial charge on any atom is -0.459 e. The number of furan rings is 1. The third kappa shape index (κ3) is 3.88. The molecule has 2 N–H and O–H groups in total. The zero-order chi connectivity index (χ0) is 20.4. The summed E-state index contributed by atoms with van der Waals surface area (Å²) >= 11 is 11.9. The minimum absolute atomic E-state index is 0.102. The van der Waals surface area contributed by atoms with Gasteiger partial charge in [-0.25, -0.2) is 0 Å². The molecule has 0 spiro atoms. The summed E-state index contributed by atoms with van der Waals surface area (Å²) in [5.41, 5.74) is 2.84. The summed E-state index contributed by atoms with van der Waals surface area (Å²) in [5, 5.41) is 14.0. The number of aliphatic hydroxyl groups excluding tert-OH is 1. The van der Waals surface area contributed by atoms with E-state index in [1.807, 2.05) is 55.5 Å². The van der Waals surface area contributed by atoms with E-state index in [1.165, 1.54) is 0 Å². The second kappa shape index (κ2) is 8.53. The molecule has 0 aliphatic carbocycles. The summed E-state index contributed by atoms with van der Waals surface area (Å²) in [6, 6.07) is 15.3. The molecule has 4 rings (SSSR count). The quantitative estimate of drug-likeness (QED) is 0.558. The molecule has 7 heteroatoms. The lowest BCUT2D eigenvalue weighted by Crippen LogP contribution is -2.30. The van der Waals surface area contributed by atoms with Crippen LogP contribution in [0.15, 0.2) is 59.1 Å². The Balaban J connectivity index is 1.73. The van der Waals surface area contributed by atoms with Gasteiger partial charge in [0.15, 0.2) is 5.11 Å². The van der Waals surface area contributed by atoms with Gasteiger partial charge in [-0.3, -0.25) is 4.98 Å².